The summed E-state index contributed by atoms with van der Waals surface area (Å²) in [6, 6.07) is 8.72. The van der Waals surface area contributed by atoms with Gasteiger partial charge in [-0.3, -0.25) is 0 Å². The van der Waals surface area contributed by atoms with Gasteiger partial charge in [0, 0.05) is 23.6 Å². The van der Waals surface area contributed by atoms with Crippen molar-refractivity contribution in [3.05, 3.63) is 36.0 Å². The molecule has 0 spiro atoms. The Bertz CT molecular complexity index is 437. The number of benzene rings is 1. The Kier molecular flexibility index (Phi) is 2.32. The molecule has 0 unspecified atom stereocenters. The maximum Gasteiger partial charge on any atom is 0.0483 e. The standard InChI is InChI=1S/C13H17N/c1-10(2)9-14-8-7-12-11(3)5-4-6-13(12)14/h4-8,10H,9H2,1-3H3. The minimum absolute atomic E-state index is 0.700. The van der Waals surface area contributed by atoms with E-state index in [0.717, 1.165) is 6.54 Å². The van der Waals surface area contributed by atoms with E-state index in [2.05, 4.69) is 55.8 Å². The second kappa shape index (κ2) is 3.49. The van der Waals surface area contributed by atoms with Gasteiger partial charge in [0.2, 0.25) is 0 Å². The average Bonchev–Trinajstić information content (AvgIpc) is 2.49. The van der Waals surface area contributed by atoms with Crippen molar-refractivity contribution in [1.29, 1.82) is 0 Å². The van der Waals surface area contributed by atoms with Gasteiger partial charge in [-0.15, -0.1) is 0 Å². The molecule has 0 saturated carbocycles. The lowest BCUT2D eigenvalue weighted by Crippen LogP contribution is -2.02. The maximum atomic E-state index is 2.34. The van der Waals surface area contributed by atoms with Crippen molar-refractivity contribution in [2.24, 2.45) is 5.92 Å². The molecule has 0 saturated heterocycles. The molecule has 0 N–H and O–H groups in total. The van der Waals surface area contributed by atoms with Crippen LogP contribution in [0.4, 0.5) is 0 Å². The van der Waals surface area contributed by atoms with Crippen LogP contribution in [0.1, 0.15) is 19.4 Å². The fourth-order valence-electron chi connectivity index (χ4n) is 1.93. The maximum absolute atomic E-state index is 2.34. The SMILES string of the molecule is Cc1cccc2c1ccn2CC(C)C. The second-order valence-corrected chi connectivity index (χ2v) is 4.37. The molecule has 74 valence electrons. The van der Waals surface area contributed by atoms with E-state index in [1.807, 2.05) is 0 Å². The van der Waals surface area contributed by atoms with Crippen molar-refractivity contribution in [2.45, 2.75) is 27.3 Å². The number of rotatable bonds is 2. The van der Waals surface area contributed by atoms with Crippen molar-refractivity contribution < 1.29 is 0 Å². The van der Waals surface area contributed by atoms with Gasteiger partial charge in [0.25, 0.3) is 0 Å². The summed E-state index contributed by atoms with van der Waals surface area (Å²) in [4.78, 5) is 0. The molecule has 0 atom stereocenters. The van der Waals surface area contributed by atoms with Gasteiger partial charge < -0.3 is 4.57 Å². The minimum Gasteiger partial charge on any atom is -0.347 e. The fourth-order valence-corrected chi connectivity index (χ4v) is 1.93. The van der Waals surface area contributed by atoms with Crippen LogP contribution in [-0.2, 0) is 6.54 Å². The minimum atomic E-state index is 0.700. The molecule has 2 aromatic rings. The van der Waals surface area contributed by atoms with E-state index in [4.69, 9.17) is 0 Å². The van der Waals surface area contributed by atoms with Gasteiger partial charge in [-0.25, -0.2) is 0 Å². The lowest BCUT2D eigenvalue weighted by molar-refractivity contribution is 0.535. The topological polar surface area (TPSA) is 4.93 Å². The summed E-state index contributed by atoms with van der Waals surface area (Å²) < 4.78 is 2.34. The highest BCUT2D eigenvalue weighted by atomic mass is 15.0. The van der Waals surface area contributed by atoms with E-state index in [1.54, 1.807) is 0 Å². The third kappa shape index (κ3) is 1.54. The molecule has 0 aliphatic rings. The number of hydrogen-bond acceptors (Lipinski definition) is 0. The van der Waals surface area contributed by atoms with Crippen LogP contribution in [0.3, 0.4) is 0 Å². The summed E-state index contributed by atoms with van der Waals surface area (Å²) in [7, 11) is 0. The third-order valence-electron chi connectivity index (χ3n) is 2.59. The van der Waals surface area contributed by atoms with Gasteiger partial charge in [-0.2, -0.15) is 0 Å². The molecule has 14 heavy (non-hydrogen) atoms. The highest BCUT2D eigenvalue weighted by Gasteiger charge is 2.03. The summed E-state index contributed by atoms with van der Waals surface area (Å²) in [5.41, 5.74) is 2.73. The van der Waals surface area contributed by atoms with Gasteiger partial charge in [-0.05, 0) is 30.5 Å². The summed E-state index contributed by atoms with van der Waals surface area (Å²) >= 11 is 0. The second-order valence-electron chi connectivity index (χ2n) is 4.37. The molecule has 1 nitrogen and oxygen atoms in total. The zero-order valence-electron chi connectivity index (χ0n) is 9.12. The molecule has 1 heterocycles. The summed E-state index contributed by atoms with van der Waals surface area (Å²) in [6.45, 7) is 7.78. The lowest BCUT2D eigenvalue weighted by Gasteiger charge is -2.08. The van der Waals surface area contributed by atoms with E-state index >= 15 is 0 Å². The molecule has 0 bridgehead atoms. The highest BCUT2D eigenvalue weighted by Crippen LogP contribution is 2.20. The number of nitrogens with zero attached hydrogens (tertiary/aromatic N) is 1. The Morgan fingerprint density at radius 2 is 2.00 bits per heavy atom. The predicted octanol–water partition coefficient (Wildman–Crippen LogP) is 3.61. The Labute approximate surface area is 85.4 Å². The van der Waals surface area contributed by atoms with Gasteiger partial charge in [0.15, 0.2) is 0 Å². The number of hydrogen-bond donors (Lipinski definition) is 0. The van der Waals surface area contributed by atoms with Crippen LogP contribution in [-0.4, -0.2) is 4.57 Å². The molecule has 1 aromatic heterocycles. The molecular formula is C13H17N. The van der Waals surface area contributed by atoms with Gasteiger partial charge in [-0.1, -0.05) is 26.0 Å². The first-order valence-corrected chi connectivity index (χ1v) is 5.23. The molecule has 1 heteroatoms. The van der Waals surface area contributed by atoms with Crippen molar-refractivity contribution in [1.82, 2.24) is 4.57 Å². The van der Waals surface area contributed by atoms with E-state index in [-0.39, 0.29) is 0 Å². The first-order valence-electron chi connectivity index (χ1n) is 5.23. The van der Waals surface area contributed by atoms with E-state index in [0.29, 0.717) is 5.92 Å². The Morgan fingerprint density at radius 3 is 2.71 bits per heavy atom. The predicted molar refractivity (Wildman–Crippen MR) is 61.5 cm³/mol. The van der Waals surface area contributed by atoms with Gasteiger partial charge in [0.1, 0.15) is 0 Å². The normalized spacial score (nSPS) is 11.4. The quantitative estimate of drug-likeness (QED) is 0.677. The zero-order valence-corrected chi connectivity index (χ0v) is 9.12. The smallest absolute Gasteiger partial charge is 0.0483 e. The Morgan fingerprint density at radius 1 is 1.21 bits per heavy atom. The van der Waals surface area contributed by atoms with Crippen molar-refractivity contribution in [3.63, 3.8) is 0 Å². The lowest BCUT2D eigenvalue weighted by atomic mass is 10.1. The van der Waals surface area contributed by atoms with Crippen molar-refractivity contribution >= 4 is 10.9 Å². The summed E-state index contributed by atoms with van der Waals surface area (Å²) in [6.07, 6.45) is 2.19. The molecule has 0 amide bonds. The molecule has 0 aliphatic heterocycles. The molecule has 1 aromatic carbocycles. The van der Waals surface area contributed by atoms with E-state index < -0.39 is 0 Å². The van der Waals surface area contributed by atoms with Gasteiger partial charge >= 0.3 is 0 Å². The molecule has 0 fully saturated rings. The van der Waals surface area contributed by atoms with Crippen LogP contribution in [0.2, 0.25) is 0 Å². The molecule has 0 radical (unpaired) electrons. The number of aryl methyl sites for hydroxylation is 1. The molecule has 0 aliphatic carbocycles. The van der Waals surface area contributed by atoms with Crippen molar-refractivity contribution in [3.8, 4) is 0 Å². The van der Waals surface area contributed by atoms with Crippen LogP contribution >= 0.6 is 0 Å². The Hall–Kier alpha value is -1.24. The largest absolute Gasteiger partial charge is 0.347 e. The first-order chi connectivity index (χ1) is 6.68. The van der Waals surface area contributed by atoms with Crippen molar-refractivity contribution in [2.75, 3.05) is 0 Å². The summed E-state index contributed by atoms with van der Waals surface area (Å²) in [5, 5.41) is 1.38. The first kappa shape index (κ1) is 9.32. The third-order valence-corrected chi connectivity index (χ3v) is 2.59. The van der Waals surface area contributed by atoms with Crippen LogP contribution in [0, 0.1) is 12.8 Å². The van der Waals surface area contributed by atoms with Crippen LogP contribution in [0.25, 0.3) is 10.9 Å². The number of fused-ring (bicyclic) bond motifs is 1. The van der Waals surface area contributed by atoms with Gasteiger partial charge in [0.05, 0.1) is 0 Å². The monoisotopic (exact) mass is 187 g/mol. The number of aromatic nitrogens is 1. The molecular weight excluding hydrogens is 170 g/mol. The van der Waals surface area contributed by atoms with E-state index in [1.165, 1.54) is 16.5 Å². The van der Waals surface area contributed by atoms with Crippen LogP contribution in [0.15, 0.2) is 30.5 Å². The van der Waals surface area contributed by atoms with Crippen LogP contribution < -0.4 is 0 Å². The van der Waals surface area contributed by atoms with Crippen LogP contribution in [0.5, 0.6) is 0 Å². The summed E-state index contributed by atoms with van der Waals surface area (Å²) in [5.74, 6) is 0.700. The Balaban J connectivity index is 2.52. The van der Waals surface area contributed by atoms with E-state index in [9.17, 15) is 0 Å². The fraction of sp³-hybridized carbons (Fsp3) is 0.385. The zero-order chi connectivity index (χ0) is 10.1. The molecule has 2 rings (SSSR count). The highest BCUT2D eigenvalue weighted by molar-refractivity contribution is 5.83. The average molecular weight is 187 g/mol.